The van der Waals surface area contributed by atoms with Crippen LogP contribution in [0.4, 0.5) is 5.69 Å². The predicted molar refractivity (Wildman–Crippen MR) is 110 cm³/mol. The van der Waals surface area contributed by atoms with Crippen molar-refractivity contribution in [2.24, 2.45) is 0 Å². The third-order valence-corrected chi connectivity index (χ3v) is 5.43. The molecule has 0 spiro atoms. The van der Waals surface area contributed by atoms with E-state index in [9.17, 15) is 9.59 Å². The number of hydrogen-bond acceptors (Lipinski definition) is 3. The Bertz CT molecular complexity index is 795. The lowest BCUT2D eigenvalue weighted by atomic mass is 10.1. The van der Waals surface area contributed by atoms with Crippen molar-refractivity contribution in [3.8, 4) is 0 Å². The maximum atomic E-state index is 12.4. The van der Waals surface area contributed by atoms with Crippen molar-refractivity contribution in [1.29, 1.82) is 0 Å². The van der Waals surface area contributed by atoms with Crippen LogP contribution in [0.15, 0.2) is 47.4 Å². The lowest BCUT2D eigenvalue weighted by Crippen LogP contribution is -2.30. The number of hydrogen-bond donors (Lipinski definition) is 1. The van der Waals surface area contributed by atoms with Crippen LogP contribution in [0.5, 0.6) is 0 Å². The number of carbonyl (C=O) groups is 2. The lowest BCUT2D eigenvalue weighted by Gasteiger charge is -2.19. The number of amides is 2. The first-order chi connectivity index (χ1) is 12.4. The van der Waals surface area contributed by atoms with Crippen molar-refractivity contribution < 1.29 is 9.59 Å². The Morgan fingerprint density at radius 1 is 1.08 bits per heavy atom. The van der Waals surface area contributed by atoms with Gasteiger partial charge in [-0.1, -0.05) is 29.3 Å². The minimum absolute atomic E-state index is 0.0498. The van der Waals surface area contributed by atoms with Gasteiger partial charge in [-0.3, -0.25) is 9.59 Å². The highest BCUT2D eigenvalue weighted by molar-refractivity contribution is 8.00. The van der Waals surface area contributed by atoms with Gasteiger partial charge < -0.3 is 10.2 Å². The SMILES string of the molecule is CCN(CC)C(=O)c1cccc(NC(=O)CSc2cc(Cl)ccc2Cl)c1. The van der Waals surface area contributed by atoms with Crippen LogP contribution in [0, 0.1) is 0 Å². The molecule has 2 rings (SSSR count). The number of anilines is 1. The summed E-state index contributed by atoms with van der Waals surface area (Å²) in [7, 11) is 0. The van der Waals surface area contributed by atoms with Crippen molar-refractivity contribution in [2.75, 3.05) is 24.2 Å². The van der Waals surface area contributed by atoms with Gasteiger partial charge in [0.05, 0.1) is 10.8 Å². The summed E-state index contributed by atoms with van der Waals surface area (Å²) in [6, 6.07) is 12.1. The van der Waals surface area contributed by atoms with E-state index >= 15 is 0 Å². The number of benzene rings is 2. The number of nitrogens with zero attached hydrogens (tertiary/aromatic N) is 1. The third kappa shape index (κ3) is 5.66. The largest absolute Gasteiger partial charge is 0.339 e. The summed E-state index contributed by atoms with van der Waals surface area (Å²) in [6.07, 6.45) is 0. The summed E-state index contributed by atoms with van der Waals surface area (Å²) in [5, 5.41) is 3.93. The van der Waals surface area contributed by atoms with Crippen molar-refractivity contribution in [2.45, 2.75) is 18.7 Å². The maximum absolute atomic E-state index is 12.4. The van der Waals surface area contributed by atoms with Crippen molar-refractivity contribution in [3.05, 3.63) is 58.1 Å². The Balaban J connectivity index is 2.00. The number of thioether (sulfide) groups is 1. The average Bonchev–Trinajstić information content (AvgIpc) is 2.63. The smallest absolute Gasteiger partial charge is 0.253 e. The topological polar surface area (TPSA) is 49.4 Å². The Labute approximate surface area is 167 Å². The summed E-state index contributed by atoms with van der Waals surface area (Å²) < 4.78 is 0. The van der Waals surface area contributed by atoms with Crippen LogP contribution >= 0.6 is 35.0 Å². The van der Waals surface area contributed by atoms with E-state index in [1.807, 2.05) is 13.8 Å². The highest BCUT2D eigenvalue weighted by Gasteiger charge is 2.13. The van der Waals surface area contributed by atoms with E-state index in [1.165, 1.54) is 11.8 Å². The molecule has 0 unspecified atom stereocenters. The van der Waals surface area contributed by atoms with E-state index in [1.54, 1.807) is 47.4 Å². The van der Waals surface area contributed by atoms with Gasteiger partial charge in [0.2, 0.25) is 5.91 Å². The zero-order valence-electron chi connectivity index (χ0n) is 14.6. The van der Waals surface area contributed by atoms with E-state index in [0.717, 1.165) is 4.90 Å². The van der Waals surface area contributed by atoms with Gasteiger partial charge in [0.15, 0.2) is 0 Å². The number of carbonyl (C=O) groups excluding carboxylic acids is 2. The van der Waals surface area contributed by atoms with Crippen molar-refractivity contribution in [1.82, 2.24) is 4.90 Å². The van der Waals surface area contributed by atoms with E-state index in [2.05, 4.69) is 5.32 Å². The fourth-order valence-electron chi connectivity index (χ4n) is 2.35. The van der Waals surface area contributed by atoms with Gasteiger partial charge in [0.1, 0.15) is 0 Å². The predicted octanol–water partition coefficient (Wildman–Crippen LogP) is 5.21. The number of halogens is 2. The van der Waals surface area contributed by atoms with E-state index in [-0.39, 0.29) is 17.6 Å². The average molecular weight is 411 g/mol. The monoisotopic (exact) mass is 410 g/mol. The van der Waals surface area contributed by atoms with Crippen LogP contribution in [-0.2, 0) is 4.79 Å². The Morgan fingerprint density at radius 3 is 2.50 bits per heavy atom. The Kier molecular flexibility index (Phi) is 7.82. The molecular formula is C19H20Cl2N2O2S. The van der Waals surface area contributed by atoms with Gasteiger partial charge in [0, 0.05) is 34.3 Å². The fourth-order valence-corrected chi connectivity index (χ4v) is 3.64. The molecule has 0 aliphatic rings. The molecule has 4 nitrogen and oxygen atoms in total. The molecular weight excluding hydrogens is 391 g/mol. The number of nitrogens with one attached hydrogen (secondary N) is 1. The fraction of sp³-hybridized carbons (Fsp3) is 0.263. The van der Waals surface area contributed by atoms with E-state index in [4.69, 9.17) is 23.2 Å². The van der Waals surface area contributed by atoms with Gasteiger partial charge in [-0.15, -0.1) is 11.8 Å². The van der Waals surface area contributed by atoms with Crippen molar-refractivity contribution in [3.63, 3.8) is 0 Å². The molecule has 0 aliphatic carbocycles. The lowest BCUT2D eigenvalue weighted by molar-refractivity contribution is -0.113. The summed E-state index contributed by atoms with van der Waals surface area (Å²) in [6.45, 7) is 5.16. The minimum atomic E-state index is -0.182. The first-order valence-electron chi connectivity index (χ1n) is 8.21. The molecule has 0 saturated carbocycles. The second kappa shape index (κ2) is 9.86. The molecule has 0 saturated heterocycles. The normalized spacial score (nSPS) is 10.5. The Morgan fingerprint density at radius 2 is 1.81 bits per heavy atom. The highest BCUT2D eigenvalue weighted by Crippen LogP contribution is 2.29. The summed E-state index contributed by atoms with van der Waals surface area (Å²) in [5.41, 5.74) is 1.14. The summed E-state index contributed by atoms with van der Waals surface area (Å²) in [4.78, 5) is 27.1. The zero-order valence-corrected chi connectivity index (χ0v) is 16.9. The van der Waals surface area contributed by atoms with Gasteiger partial charge in [-0.2, -0.15) is 0 Å². The maximum Gasteiger partial charge on any atom is 0.253 e. The Hall–Kier alpha value is -1.69. The molecule has 0 heterocycles. The van der Waals surface area contributed by atoms with Crippen LogP contribution < -0.4 is 5.32 Å². The molecule has 0 fully saturated rings. The molecule has 138 valence electrons. The molecule has 2 aromatic rings. The third-order valence-electron chi connectivity index (χ3n) is 3.70. The van der Waals surface area contributed by atoms with Crippen LogP contribution in [0.25, 0.3) is 0 Å². The molecule has 7 heteroatoms. The van der Waals surface area contributed by atoms with E-state index < -0.39 is 0 Å². The van der Waals surface area contributed by atoms with Gasteiger partial charge in [0.25, 0.3) is 5.91 Å². The summed E-state index contributed by atoms with van der Waals surface area (Å²) in [5.74, 6) is -0.0430. The van der Waals surface area contributed by atoms with Crippen molar-refractivity contribution >= 4 is 52.5 Å². The van der Waals surface area contributed by atoms with Gasteiger partial charge in [-0.05, 0) is 50.2 Å². The summed E-state index contributed by atoms with van der Waals surface area (Å²) >= 11 is 13.4. The van der Waals surface area contributed by atoms with Crippen LogP contribution in [-0.4, -0.2) is 35.6 Å². The van der Waals surface area contributed by atoms with Gasteiger partial charge >= 0.3 is 0 Å². The highest BCUT2D eigenvalue weighted by atomic mass is 35.5. The molecule has 26 heavy (non-hydrogen) atoms. The zero-order chi connectivity index (χ0) is 19.1. The first-order valence-corrected chi connectivity index (χ1v) is 9.95. The molecule has 1 N–H and O–H groups in total. The van der Waals surface area contributed by atoms with Crippen LogP contribution in [0.3, 0.4) is 0 Å². The molecule has 0 aromatic heterocycles. The second-order valence-electron chi connectivity index (χ2n) is 5.47. The second-order valence-corrected chi connectivity index (χ2v) is 7.33. The minimum Gasteiger partial charge on any atom is -0.339 e. The first kappa shape index (κ1) is 20.6. The standard InChI is InChI=1S/C19H20Cl2N2O2S/c1-3-23(4-2)19(25)13-6-5-7-15(10-13)22-18(24)12-26-17-11-14(20)8-9-16(17)21/h5-11H,3-4,12H2,1-2H3,(H,22,24). The van der Waals surface area contributed by atoms with Crippen LogP contribution in [0.2, 0.25) is 10.0 Å². The molecule has 0 aliphatic heterocycles. The number of rotatable bonds is 7. The molecule has 0 radical (unpaired) electrons. The molecule has 2 amide bonds. The van der Waals surface area contributed by atoms with Crippen LogP contribution in [0.1, 0.15) is 24.2 Å². The molecule has 0 atom stereocenters. The quantitative estimate of drug-likeness (QED) is 0.637. The molecule has 2 aromatic carbocycles. The van der Waals surface area contributed by atoms with E-state index in [0.29, 0.717) is 34.4 Å². The van der Waals surface area contributed by atoms with Gasteiger partial charge in [-0.25, -0.2) is 0 Å². The molecule has 0 bridgehead atoms.